The maximum Gasteiger partial charge on any atom is 0.306 e. The lowest BCUT2D eigenvalue weighted by Gasteiger charge is -2.35. The van der Waals surface area contributed by atoms with Crippen LogP contribution >= 0.6 is 0 Å². The van der Waals surface area contributed by atoms with Gasteiger partial charge in [-0.2, -0.15) is 0 Å². The molecule has 2 aromatic carbocycles. The minimum Gasteiger partial charge on any atom is -0.466 e. The summed E-state index contributed by atoms with van der Waals surface area (Å²) >= 11 is 0. The molecular formula is C30H39N3O5. The van der Waals surface area contributed by atoms with E-state index in [1.165, 1.54) is 5.56 Å². The molecule has 38 heavy (non-hydrogen) atoms. The monoisotopic (exact) mass is 521 g/mol. The molecule has 8 nitrogen and oxygen atoms in total. The van der Waals surface area contributed by atoms with Crippen molar-refractivity contribution in [3.63, 3.8) is 0 Å². The van der Waals surface area contributed by atoms with E-state index in [9.17, 15) is 14.4 Å². The lowest BCUT2D eigenvalue weighted by Crippen LogP contribution is -2.37. The minimum atomic E-state index is -0.400. The molecule has 0 saturated carbocycles. The van der Waals surface area contributed by atoms with Crippen LogP contribution in [0.4, 0.5) is 11.4 Å². The second-order valence-corrected chi connectivity index (χ2v) is 10.1. The van der Waals surface area contributed by atoms with Gasteiger partial charge in [-0.1, -0.05) is 30.3 Å². The number of esters is 1. The highest BCUT2D eigenvalue weighted by Crippen LogP contribution is 2.30. The lowest BCUT2D eigenvalue weighted by molar-refractivity contribution is -0.144. The van der Waals surface area contributed by atoms with Crippen molar-refractivity contribution < 1.29 is 23.9 Å². The molecule has 0 bridgehead atoms. The molecular weight excluding hydrogens is 482 g/mol. The third-order valence-corrected chi connectivity index (χ3v) is 7.22. The van der Waals surface area contributed by atoms with E-state index in [1.807, 2.05) is 18.2 Å². The number of amides is 2. The van der Waals surface area contributed by atoms with Crippen LogP contribution in [0.15, 0.2) is 48.5 Å². The lowest BCUT2D eigenvalue weighted by atomic mass is 9.89. The summed E-state index contributed by atoms with van der Waals surface area (Å²) in [4.78, 5) is 39.6. The van der Waals surface area contributed by atoms with Crippen LogP contribution in [0.25, 0.3) is 0 Å². The number of piperidine rings is 1. The van der Waals surface area contributed by atoms with E-state index >= 15 is 0 Å². The molecule has 0 radical (unpaired) electrons. The summed E-state index contributed by atoms with van der Waals surface area (Å²) in [6, 6.07) is 16.1. The van der Waals surface area contributed by atoms with Crippen LogP contribution in [0.3, 0.4) is 0 Å². The summed E-state index contributed by atoms with van der Waals surface area (Å²) in [6.07, 6.45) is 5.22. The van der Waals surface area contributed by atoms with Gasteiger partial charge in [-0.15, -0.1) is 0 Å². The Hall–Kier alpha value is -3.39. The second kappa shape index (κ2) is 14.0. The van der Waals surface area contributed by atoms with Crippen LogP contribution in [-0.4, -0.2) is 56.7 Å². The molecule has 0 spiro atoms. The first kappa shape index (κ1) is 27.6. The van der Waals surface area contributed by atoms with Gasteiger partial charge in [-0.25, -0.2) is 0 Å². The predicted octanol–water partition coefficient (Wildman–Crippen LogP) is 4.34. The van der Waals surface area contributed by atoms with Crippen molar-refractivity contribution in [1.82, 2.24) is 5.32 Å². The first-order valence-electron chi connectivity index (χ1n) is 13.8. The molecule has 2 amide bonds. The van der Waals surface area contributed by atoms with Gasteiger partial charge in [0.1, 0.15) is 0 Å². The first-order chi connectivity index (χ1) is 18.5. The summed E-state index contributed by atoms with van der Waals surface area (Å²) in [7, 11) is 0. The predicted molar refractivity (Wildman–Crippen MR) is 147 cm³/mol. The van der Waals surface area contributed by atoms with Crippen LogP contribution in [0.2, 0.25) is 0 Å². The Morgan fingerprint density at radius 2 is 1.82 bits per heavy atom. The molecule has 2 aromatic rings. The van der Waals surface area contributed by atoms with Crippen molar-refractivity contribution in [2.45, 2.75) is 58.0 Å². The van der Waals surface area contributed by atoms with E-state index in [4.69, 9.17) is 9.47 Å². The number of nitrogens with zero attached hydrogens (tertiary/aromatic N) is 1. The largest absolute Gasteiger partial charge is 0.466 e. The summed E-state index contributed by atoms with van der Waals surface area (Å²) in [5.41, 5.74) is 3.30. The third-order valence-electron chi connectivity index (χ3n) is 7.22. The fraction of sp³-hybridized carbons (Fsp3) is 0.500. The number of ether oxygens (including phenoxy) is 2. The molecule has 2 saturated heterocycles. The standard InChI is InChI=1S/C30H39N3O5/c1-2-37-29(35)13-12-28(34)32-24-10-11-27(26(20-24)30(36)31-21-25-9-6-18-38-25)33-16-14-23(15-17-33)19-22-7-4-3-5-8-22/h3-5,7-8,10-11,20,23,25H,2,6,9,12-19,21H2,1H3,(H,31,36)(H,32,34). The second-order valence-electron chi connectivity index (χ2n) is 10.1. The Labute approximate surface area is 225 Å². The maximum atomic E-state index is 13.3. The van der Waals surface area contributed by atoms with E-state index in [0.29, 0.717) is 23.7 Å². The molecule has 2 heterocycles. The van der Waals surface area contributed by atoms with Gasteiger partial charge >= 0.3 is 5.97 Å². The van der Waals surface area contributed by atoms with E-state index in [1.54, 1.807) is 13.0 Å². The fourth-order valence-electron chi connectivity index (χ4n) is 5.18. The highest BCUT2D eigenvalue weighted by molar-refractivity contribution is 6.02. The topological polar surface area (TPSA) is 97.0 Å². The maximum absolute atomic E-state index is 13.3. The van der Waals surface area contributed by atoms with Gasteiger partial charge in [0.25, 0.3) is 5.91 Å². The van der Waals surface area contributed by atoms with Crippen molar-refractivity contribution in [3.05, 3.63) is 59.7 Å². The molecule has 1 unspecified atom stereocenters. The van der Waals surface area contributed by atoms with Crippen LogP contribution in [0, 0.1) is 5.92 Å². The number of nitrogens with one attached hydrogen (secondary N) is 2. The SMILES string of the molecule is CCOC(=O)CCC(=O)Nc1ccc(N2CCC(Cc3ccccc3)CC2)c(C(=O)NCC2CCCO2)c1. The molecule has 8 heteroatoms. The fourth-order valence-corrected chi connectivity index (χ4v) is 5.18. The summed E-state index contributed by atoms with van der Waals surface area (Å²) < 4.78 is 10.6. The smallest absolute Gasteiger partial charge is 0.306 e. The summed E-state index contributed by atoms with van der Waals surface area (Å²) in [5, 5.41) is 5.86. The summed E-state index contributed by atoms with van der Waals surface area (Å²) in [6.45, 7) is 4.96. The average molecular weight is 522 g/mol. The zero-order valence-electron chi connectivity index (χ0n) is 22.2. The van der Waals surface area contributed by atoms with Crippen LogP contribution in [-0.2, 0) is 25.5 Å². The molecule has 0 aromatic heterocycles. The normalized spacial score (nSPS) is 17.7. The highest BCUT2D eigenvalue weighted by Gasteiger charge is 2.25. The molecule has 2 aliphatic heterocycles. The van der Waals surface area contributed by atoms with Gasteiger partial charge in [-0.05, 0) is 68.7 Å². The Balaban J connectivity index is 1.42. The van der Waals surface area contributed by atoms with Crippen molar-refractivity contribution in [2.24, 2.45) is 5.92 Å². The average Bonchev–Trinajstić information content (AvgIpc) is 3.46. The minimum absolute atomic E-state index is 0.0183. The quantitative estimate of drug-likeness (QED) is 0.427. The highest BCUT2D eigenvalue weighted by atomic mass is 16.5. The Bertz CT molecular complexity index is 1080. The van der Waals surface area contributed by atoms with Crippen LogP contribution in [0.1, 0.15) is 61.4 Å². The molecule has 0 aliphatic carbocycles. The molecule has 204 valence electrons. The van der Waals surface area contributed by atoms with Crippen LogP contribution < -0.4 is 15.5 Å². The molecule has 2 aliphatic rings. The van der Waals surface area contributed by atoms with Crippen LogP contribution in [0.5, 0.6) is 0 Å². The number of rotatable bonds is 11. The van der Waals surface area contributed by atoms with Crippen molar-refractivity contribution in [3.8, 4) is 0 Å². The number of hydrogen-bond donors (Lipinski definition) is 2. The number of benzene rings is 2. The zero-order chi connectivity index (χ0) is 26.7. The van der Waals surface area contributed by atoms with Gasteiger partial charge in [0.2, 0.25) is 5.91 Å². The molecule has 2 fully saturated rings. The number of hydrogen-bond acceptors (Lipinski definition) is 6. The Kier molecular flexibility index (Phi) is 10.1. The first-order valence-corrected chi connectivity index (χ1v) is 13.8. The van der Waals surface area contributed by atoms with Gasteiger partial charge in [0.15, 0.2) is 0 Å². The number of carbonyl (C=O) groups excluding carboxylic acids is 3. The molecule has 2 N–H and O–H groups in total. The molecule has 4 rings (SSSR count). The molecule has 1 atom stereocenters. The van der Waals surface area contributed by atoms with Crippen molar-refractivity contribution in [1.29, 1.82) is 0 Å². The Morgan fingerprint density at radius 3 is 2.53 bits per heavy atom. The van der Waals surface area contributed by atoms with Gasteiger partial charge in [-0.3, -0.25) is 14.4 Å². The number of anilines is 2. The van der Waals surface area contributed by atoms with E-state index < -0.39 is 5.97 Å². The number of carbonyl (C=O) groups is 3. The Morgan fingerprint density at radius 1 is 1.03 bits per heavy atom. The van der Waals surface area contributed by atoms with E-state index in [2.05, 4.69) is 39.8 Å². The zero-order valence-corrected chi connectivity index (χ0v) is 22.2. The van der Waals surface area contributed by atoms with Gasteiger partial charge in [0, 0.05) is 44.0 Å². The van der Waals surface area contributed by atoms with Gasteiger partial charge < -0.3 is 25.0 Å². The van der Waals surface area contributed by atoms with Gasteiger partial charge in [0.05, 0.1) is 24.7 Å². The van der Waals surface area contributed by atoms with Crippen molar-refractivity contribution in [2.75, 3.05) is 43.1 Å². The third kappa shape index (κ3) is 8.05. The summed E-state index contributed by atoms with van der Waals surface area (Å²) in [5.74, 6) is -0.256. The van der Waals surface area contributed by atoms with E-state index in [-0.39, 0.29) is 37.4 Å². The van der Waals surface area contributed by atoms with E-state index in [0.717, 1.165) is 57.5 Å². The van der Waals surface area contributed by atoms with Crippen molar-refractivity contribution >= 4 is 29.2 Å².